The summed E-state index contributed by atoms with van der Waals surface area (Å²) in [5.41, 5.74) is 3.47. The average molecular weight is 342 g/mol. The Labute approximate surface area is 143 Å². The average Bonchev–Trinajstić information content (AvgIpc) is 2.92. The molecule has 0 bridgehead atoms. The molecule has 0 atom stereocenters. The third-order valence-corrected chi connectivity index (χ3v) is 4.07. The Morgan fingerprint density at radius 3 is 2.52 bits per heavy atom. The monoisotopic (exact) mass is 342 g/mol. The first kappa shape index (κ1) is 15.7. The SMILES string of the molecule is Cc1cc(Nc2ncn(-c3cc(F)cc(F)c3)n2)cc(C2COC2)c1. The summed E-state index contributed by atoms with van der Waals surface area (Å²) in [4.78, 5) is 4.16. The van der Waals surface area contributed by atoms with Gasteiger partial charge in [-0.15, -0.1) is 5.10 Å². The van der Waals surface area contributed by atoms with Crippen molar-refractivity contribution in [2.24, 2.45) is 0 Å². The van der Waals surface area contributed by atoms with Gasteiger partial charge >= 0.3 is 0 Å². The fraction of sp³-hybridized carbons (Fsp3) is 0.222. The van der Waals surface area contributed by atoms with Crippen LogP contribution in [0, 0.1) is 18.6 Å². The molecule has 1 saturated heterocycles. The first-order valence-corrected chi connectivity index (χ1v) is 7.91. The Balaban J connectivity index is 1.58. The highest BCUT2D eigenvalue weighted by Gasteiger charge is 2.21. The molecule has 7 heteroatoms. The second-order valence-corrected chi connectivity index (χ2v) is 6.13. The van der Waals surface area contributed by atoms with Crippen LogP contribution in [0.4, 0.5) is 20.4 Å². The second-order valence-electron chi connectivity index (χ2n) is 6.13. The van der Waals surface area contributed by atoms with E-state index in [1.807, 2.05) is 19.1 Å². The molecule has 4 rings (SSSR count). The lowest BCUT2D eigenvalue weighted by atomic mass is 9.95. The Morgan fingerprint density at radius 2 is 1.84 bits per heavy atom. The van der Waals surface area contributed by atoms with Gasteiger partial charge in [0.25, 0.3) is 0 Å². The van der Waals surface area contributed by atoms with E-state index in [1.54, 1.807) is 0 Å². The number of rotatable bonds is 4. The third-order valence-electron chi connectivity index (χ3n) is 4.07. The summed E-state index contributed by atoms with van der Waals surface area (Å²) >= 11 is 0. The zero-order chi connectivity index (χ0) is 17.4. The van der Waals surface area contributed by atoms with Gasteiger partial charge in [0.05, 0.1) is 18.9 Å². The normalized spacial score (nSPS) is 14.4. The minimum absolute atomic E-state index is 0.273. The van der Waals surface area contributed by atoms with E-state index in [1.165, 1.54) is 28.7 Å². The Kier molecular flexibility index (Phi) is 3.93. The molecular weight excluding hydrogens is 326 g/mol. The number of aryl methyl sites for hydroxylation is 1. The van der Waals surface area contributed by atoms with Gasteiger partial charge in [0.1, 0.15) is 18.0 Å². The number of benzene rings is 2. The van der Waals surface area contributed by atoms with Gasteiger partial charge in [-0.05, 0) is 42.3 Å². The van der Waals surface area contributed by atoms with Gasteiger partial charge in [0.2, 0.25) is 5.95 Å². The maximum absolute atomic E-state index is 13.3. The largest absolute Gasteiger partial charge is 0.380 e. The number of anilines is 2. The summed E-state index contributed by atoms with van der Waals surface area (Å²) in [6.45, 7) is 3.50. The molecule has 3 aromatic rings. The van der Waals surface area contributed by atoms with Crippen molar-refractivity contribution in [2.75, 3.05) is 18.5 Å². The number of aromatic nitrogens is 3. The van der Waals surface area contributed by atoms with Gasteiger partial charge in [0.15, 0.2) is 0 Å². The maximum atomic E-state index is 13.3. The Morgan fingerprint density at radius 1 is 1.08 bits per heavy atom. The number of nitrogens with one attached hydrogen (secondary N) is 1. The molecule has 5 nitrogen and oxygen atoms in total. The first-order chi connectivity index (χ1) is 12.1. The molecule has 2 aromatic carbocycles. The molecule has 1 aromatic heterocycles. The standard InChI is InChI=1S/C18H16F2N4O/c1-11-2-12(13-8-25-9-13)4-16(3-11)22-18-21-10-24(23-18)17-6-14(19)5-15(20)7-17/h2-7,10,13H,8-9H2,1H3,(H,22,23). The molecule has 1 aliphatic heterocycles. The number of nitrogens with zero attached hydrogens (tertiary/aromatic N) is 3. The highest BCUT2D eigenvalue weighted by Crippen LogP contribution is 2.28. The molecule has 1 aliphatic rings. The van der Waals surface area contributed by atoms with Crippen LogP contribution in [0.3, 0.4) is 0 Å². The molecule has 1 N–H and O–H groups in total. The van der Waals surface area contributed by atoms with Crippen LogP contribution in [-0.2, 0) is 4.74 Å². The van der Waals surface area contributed by atoms with E-state index in [0.717, 1.165) is 30.5 Å². The van der Waals surface area contributed by atoms with Crippen LogP contribution in [-0.4, -0.2) is 28.0 Å². The summed E-state index contributed by atoms with van der Waals surface area (Å²) in [6.07, 6.45) is 1.41. The second kappa shape index (κ2) is 6.25. The van der Waals surface area contributed by atoms with Gasteiger partial charge < -0.3 is 10.1 Å². The van der Waals surface area contributed by atoms with E-state index in [-0.39, 0.29) is 5.69 Å². The molecule has 0 radical (unpaired) electrons. The highest BCUT2D eigenvalue weighted by molar-refractivity contribution is 5.56. The summed E-state index contributed by atoms with van der Waals surface area (Å²) < 4.78 is 33.3. The zero-order valence-electron chi connectivity index (χ0n) is 13.5. The van der Waals surface area contributed by atoms with E-state index in [0.29, 0.717) is 11.9 Å². The van der Waals surface area contributed by atoms with Crippen molar-refractivity contribution >= 4 is 11.6 Å². The summed E-state index contributed by atoms with van der Waals surface area (Å²) in [5, 5.41) is 7.37. The van der Waals surface area contributed by atoms with Crippen molar-refractivity contribution in [3.8, 4) is 5.69 Å². The number of ether oxygens (including phenoxy) is 1. The summed E-state index contributed by atoms with van der Waals surface area (Å²) in [6, 6.07) is 9.39. The van der Waals surface area contributed by atoms with Crippen LogP contribution in [0.2, 0.25) is 0 Å². The smallest absolute Gasteiger partial charge is 0.246 e. The minimum Gasteiger partial charge on any atom is -0.380 e. The van der Waals surface area contributed by atoms with Crippen LogP contribution in [0.1, 0.15) is 17.0 Å². The molecular formula is C18H16F2N4O. The molecule has 128 valence electrons. The lowest BCUT2D eigenvalue weighted by molar-refractivity contribution is 0.00843. The molecule has 0 aliphatic carbocycles. The molecule has 1 fully saturated rings. The van der Waals surface area contributed by atoms with Crippen molar-refractivity contribution in [3.63, 3.8) is 0 Å². The van der Waals surface area contributed by atoms with Gasteiger partial charge in [-0.1, -0.05) is 6.07 Å². The van der Waals surface area contributed by atoms with Gasteiger partial charge in [-0.2, -0.15) is 4.98 Å². The number of hydrogen-bond donors (Lipinski definition) is 1. The van der Waals surface area contributed by atoms with Crippen LogP contribution in [0.25, 0.3) is 5.69 Å². The van der Waals surface area contributed by atoms with Crippen LogP contribution < -0.4 is 5.32 Å². The van der Waals surface area contributed by atoms with E-state index in [2.05, 4.69) is 21.5 Å². The molecule has 0 amide bonds. The van der Waals surface area contributed by atoms with Gasteiger partial charge in [-0.25, -0.2) is 13.5 Å². The highest BCUT2D eigenvalue weighted by atomic mass is 19.1. The van der Waals surface area contributed by atoms with Gasteiger partial charge in [-0.3, -0.25) is 0 Å². The summed E-state index contributed by atoms with van der Waals surface area (Å²) in [5.74, 6) is -0.551. The summed E-state index contributed by atoms with van der Waals surface area (Å²) in [7, 11) is 0. The van der Waals surface area contributed by atoms with Crippen LogP contribution >= 0.6 is 0 Å². The van der Waals surface area contributed by atoms with Crippen LogP contribution in [0.15, 0.2) is 42.7 Å². The molecule has 0 saturated carbocycles. The van der Waals surface area contributed by atoms with Crippen molar-refractivity contribution in [2.45, 2.75) is 12.8 Å². The molecule has 25 heavy (non-hydrogen) atoms. The lowest BCUT2D eigenvalue weighted by Crippen LogP contribution is -2.25. The minimum atomic E-state index is -0.661. The van der Waals surface area contributed by atoms with Crippen molar-refractivity contribution < 1.29 is 13.5 Å². The van der Waals surface area contributed by atoms with Crippen LogP contribution in [0.5, 0.6) is 0 Å². The van der Waals surface area contributed by atoms with E-state index < -0.39 is 11.6 Å². The fourth-order valence-electron chi connectivity index (χ4n) is 2.79. The predicted molar refractivity (Wildman–Crippen MR) is 89.3 cm³/mol. The van der Waals surface area contributed by atoms with E-state index in [9.17, 15) is 8.78 Å². The van der Waals surface area contributed by atoms with Crippen molar-refractivity contribution in [3.05, 3.63) is 65.5 Å². The van der Waals surface area contributed by atoms with Crippen molar-refractivity contribution in [1.82, 2.24) is 14.8 Å². The topological polar surface area (TPSA) is 52.0 Å². The predicted octanol–water partition coefficient (Wildman–Crippen LogP) is 3.71. The molecule has 2 heterocycles. The molecule has 0 spiro atoms. The fourth-order valence-corrected chi connectivity index (χ4v) is 2.79. The zero-order valence-corrected chi connectivity index (χ0v) is 13.5. The Bertz CT molecular complexity index is 901. The third kappa shape index (κ3) is 3.36. The first-order valence-electron chi connectivity index (χ1n) is 7.91. The quantitative estimate of drug-likeness (QED) is 0.785. The molecule has 0 unspecified atom stereocenters. The number of halogens is 2. The lowest BCUT2D eigenvalue weighted by Gasteiger charge is -2.27. The number of hydrogen-bond acceptors (Lipinski definition) is 4. The maximum Gasteiger partial charge on any atom is 0.246 e. The van der Waals surface area contributed by atoms with Gasteiger partial charge in [0, 0.05) is 17.7 Å². The van der Waals surface area contributed by atoms with Crippen molar-refractivity contribution in [1.29, 1.82) is 0 Å². The van der Waals surface area contributed by atoms with E-state index >= 15 is 0 Å². The van der Waals surface area contributed by atoms with E-state index in [4.69, 9.17) is 4.74 Å². The Hall–Kier alpha value is -2.80.